The Balaban J connectivity index is 1.47. The lowest BCUT2D eigenvalue weighted by Crippen LogP contribution is -2.50. The molecular formula is C21H23N5O2S. The minimum atomic E-state index is -0.478. The first-order valence-electron chi connectivity index (χ1n) is 9.66. The summed E-state index contributed by atoms with van der Waals surface area (Å²) in [7, 11) is 0. The highest BCUT2D eigenvalue weighted by atomic mass is 32.1. The van der Waals surface area contributed by atoms with E-state index in [2.05, 4.69) is 15.4 Å². The van der Waals surface area contributed by atoms with E-state index < -0.39 is 6.04 Å². The minimum Gasteiger partial charge on any atom is -0.325 e. The quantitative estimate of drug-likeness (QED) is 0.714. The molecule has 1 aliphatic heterocycles. The largest absolute Gasteiger partial charge is 0.325 e. The molecule has 1 saturated heterocycles. The Hall–Kier alpha value is -3.00. The van der Waals surface area contributed by atoms with Gasteiger partial charge in [0, 0.05) is 23.3 Å². The molecule has 150 valence electrons. The summed E-state index contributed by atoms with van der Waals surface area (Å²) in [5, 5.41) is 9.16. The van der Waals surface area contributed by atoms with E-state index in [9.17, 15) is 9.59 Å². The number of aryl methyl sites for hydroxylation is 2. The molecule has 1 atom stereocenters. The van der Waals surface area contributed by atoms with Crippen molar-refractivity contribution in [3.05, 3.63) is 58.3 Å². The van der Waals surface area contributed by atoms with E-state index >= 15 is 0 Å². The minimum absolute atomic E-state index is 0.160. The van der Waals surface area contributed by atoms with E-state index in [1.807, 2.05) is 48.9 Å². The van der Waals surface area contributed by atoms with Gasteiger partial charge >= 0.3 is 0 Å². The van der Waals surface area contributed by atoms with Gasteiger partial charge < -0.3 is 10.2 Å². The SMILES string of the molecule is Cc1cc(C)n(-c2ccc(NC(=O)C3CCCCN3C(=O)c3cscn3)cc2)n1. The highest BCUT2D eigenvalue weighted by Crippen LogP contribution is 2.22. The summed E-state index contributed by atoms with van der Waals surface area (Å²) in [6.07, 6.45) is 2.48. The summed E-state index contributed by atoms with van der Waals surface area (Å²) >= 11 is 1.38. The number of rotatable bonds is 4. The first-order chi connectivity index (χ1) is 14.0. The number of aromatic nitrogens is 3. The molecule has 0 bridgehead atoms. The molecule has 3 aromatic rings. The molecule has 2 amide bonds. The number of nitrogens with zero attached hydrogens (tertiary/aromatic N) is 4. The summed E-state index contributed by atoms with van der Waals surface area (Å²) in [6, 6.07) is 9.11. The van der Waals surface area contributed by atoms with Crippen molar-refractivity contribution in [2.75, 3.05) is 11.9 Å². The van der Waals surface area contributed by atoms with Gasteiger partial charge in [-0.05, 0) is 63.4 Å². The number of likely N-dealkylation sites (tertiary alicyclic amines) is 1. The summed E-state index contributed by atoms with van der Waals surface area (Å²) < 4.78 is 1.87. The van der Waals surface area contributed by atoms with E-state index in [0.29, 0.717) is 24.3 Å². The number of hydrogen-bond donors (Lipinski definition) is 1. The van der Waals surface area contributed by atoms with E-state index in [4.69, 9.17) is 0 Å². The van der Waals surface area contributed by atoms with Crippen molar-refractivity contribution in [3.8, 4) is 5.69 Å². The third-order valence-electron chi connectivity index (χ3n) is 5.11. The lowest BCUT2D eigenvalue weighted by molar-refractivity contribution is -0.121. The van der Waals surface area contributed by atoms with Crippen molar-refractivity contribution >= 4 is 28.8 Å². The average molecular weight is 410 g/mol. The van der Waals surface area contributed by atoms with Crippen LogP contribution in [0.2, 0.25) is 0 Å². The standard InChI is InChI=1S/C21H23N5O2S/c1-14-11-15(2)26(24-14)17-8-6-16(7-9-17)23-20(27)19-5-3-4-10-25(19)21(28)18-12-29-13-22-18/h6-9,11-13,19H,3-5,10H2,1-2H3,(H,23,27). The van der Waals surface area contributed by atoms with Crippen molar-refractivity contribution in [3.63, 3.8) is 0 Å². The van der Waals surface area contributed by atoms with Crippen LogP contribution in [0, 0.1) is 13.8 Å². The highest BCUT2D eigenvalue weighted by molar-refractivity contribution is 7.07. The molecule has 1 N–H and O–H groups in total. The lowest BCUT2D eigenvalue weighted by Gasteiger charge is -2.34. The third-order valence-corrected chi connectivity index (χ3v) is 5.69. The molecular weight excluding hydrogens is 386 g/mol. The molecule has 2 aromatic heterocycles. The van der Waals surface area contributed by atoms with Gasteiger partial charge in [0.25, 0.3) is 5.91 Å². The highest BCUT2D eigenvalue weighted by Gasteiger charge is 2.33. The van der Waals surface area contributed by atoms with Crippen LogP contribution in [0.25, 0.3) is 5.69 Å². The first-order valence-corrected chi connectivity index (χ1v) is 10.6. The van der Waals surface area contributed by atoms with Gasteiger partial charge in [0.2, 0.25) is 5.91 Å². The maximum Gasteiger partial charge on any atom is 0.274 e. The molecule has 0 aliphatic carbocycles. The van der Waals surface area contributed by atoms with Crippen LogP contribution in [0.3, 0.4) is 0 Å². The summed E-state index contributed by atoms with van der Waals surface area (Å²) in [6.45, 7) is 4.54. The van der Waals surface area contributed by atoms with Gasteiger partial charge in [-0.1, -0.05) is 0 Å². The molecule has 29 heavy (non-hydrogen) atoms. The summed E-state index contributed by atoms with van der Waals surface area (Å²) in [5.41, 5.74) is 5.69. The lowest BCUT2D eigenvalue weighted by atomic mass is 10.0. The fraction of sp³-hybridized carbons (Fsp3) is 0.333. The maximum atomic E-state index is 12.9. The van der Waals surface area contributed by atoms with E-state index in [-0.39, 0.29) is 11.8 Å². The third kappa shape index (κ3) is 4.07. The second kappa shape index (κ2) is 8.16. The van der Waals surface area contributed by atoms with Gasteiger partial charge in [0.15, 0.2) is 0 Å². The number of carbonyl (C=O) groups excluding carboxylic acids is 2. The van der Waals surface area contributed by atoms with Crippen LogP contribution in [-0.4, -0.2) is 44.1 Å². The number of piperidine rings is 1. The number of amides is 2. The molecule has 7 nitrogen and oxygen atoms in total. The van der Waals surface area contributed by atoms with E-state index in [1.54, 1.807) is 15.8 Å². The molecule has 0 saturated carbocycles. The van der Waals surface area contributed by atoms with Gasteiger partial charge in [-0.15, -0.1) is 11.3 Å². The Bertz CT molecular complexity index is 1010. The average Bonchev–Trinajstić information content (AvgIpc) is 3.37. The number of hydrogen-bond acceptors (Lipinski definition) is 5. The Morgan fingerprint density at radius 1 is 1.17 bits per heavy atom. The zero-order chi connectivity index (χ0) is 20.4. The fourth-order valence-electron chi connectivity index (χ4n) is 3.71. The topological polar surface area (TPSA) is 80.1 Å². The van der Waals surface area contributed by atoms with Gasteiger partial charge in [-0.2, -0.15) is 5.10 Å². The Kier molecular flexibility index (Phi) is 5.44. The van der Waals surface area contributed by atoms with Crippen LogP contribution in [0.15, 0.2) is 41.2 Å². The second-order valence-electron chi connectivity index (χ2n) is 7.26. The molecule has 1 unspecified atom stereocenters. The molecule has 1 fully saturated rings. The predicted molar refractivity (Wildman–Crippen MR) is 112 cm³/mol. The number of carbonyl (C=O) groups is 2. The van der Waals surface area contributed by atoms with Crippen LogP contribution in [0.1, 0.15) is 41.1 Å². The normalized spacial score (nSPS) is 16.6. The molecule has 0 radical (unpaired) electrons. The molecule has 0 spiro atoms. The van der Waals surface area contributed by atoms with E-state index in [0.717, 1.165) is 29.9 Å². The van der Waals surface area contributed by atoms with Crippen LogP contribution in [-0.2, 0) is 4.79 Å². The van der Waals surface area contributed by atoms with Gasteiger partial charge in [-0.3, -0.25) is 9.59 Å². The Labute approximate surface area is 173 Å². The van der Waals surface area contributed by atoms with Crippen molar-refractivity contribution in [1.29, 1.82) is 0 Å². The number of anilines is 1. The molecule has 8 heteroatoms. The van der Waals surface area contributed by atoms with Crippen LogP contribution in [0.5, 0.6) is 0 Å². The monoisotopic (exact) mass is 409 g/mol. The zero-order valence-corrected chi connectivity index (χ0v) is 17.3. The number of thiazole rings is 1. The van der Waals surface area contributed by atoms with Crippen molar-refractivity contribution in [2.45, 2.75) is 39.2 Å². The first kappa shape index (κ1) is 19.3. The van der Waals surface area contributed by atoms with Crippen molar-refractivity contribution in [1.82, 2.24) is 19.7 Å². The molecule has 1 aromatic carbocycles. The van der Waals surface area contributed by atoms with Crippen molar-refractivity contribution in [2.24, 2.45) is 0 Å². The fourth-order valence-corrected chi connectivity index (χ4v) is 4.24. The smallest absolute Gasteiger partial charge is 0.274 e. The number of nitrogens with one attached hydrogen (secondary N) is 1. The molecule has 1 aliphatic rings. The van der Waals surface area contributed by atoms with Crippen molar-refractivity contribution < 1.29 is 9.59 Å². The van der Waals surface area contributed by atoms with Gasteiger partial charge in [-0.25, -0.2) is 9.67 Å². The second-order valence-corrected chi connectivity index (χ2v) is 7.98. The van der Waals surface area contributed by atoms with Crippen LogP contribution in [0.4, 0.5) is 5.69 Å². The van der Waals surface area contributed by atoms with Gasteiger partial charge in [0.1, 0.15) is 11.7 Å². The predicted octanol–water partition coefficient (Wildman–Crippen LogP) is 3.58. The van der Waals surface area contributed by atoms with Crippen LogP contribution < -0.4 is 5.32 Å². The molecule has 4 rings (SSSR count). The maximum absolute atomic E-state index is 12.9. The zero-order valence-electron chi connectivity index (χ0n) is 16.5. The summed E-state index contributed by atoms with van der Waals surface area (Å²) in [4.78, 5) is 31.4. The van der Waals surface area contributed by atoms with Crippen LogP contribution >= 0.6 is 11.3 Å². The Morgan fingerprint density at radius 3 is 2.62 bits per heavy atom. The molecule has 3 heterocycles. The van der Waals surface area contributed by atoms with E-state index in [1.165, 1.54) is 11.3 Å². The Morgan fingerprint density at radius 2 is 1.97 bits per heavy atom. The number of benzene rings is 1. The summed E-state index contributed by atoms with van der Waals surface area (Å²) in [5.74, 6) is -0.335. The van der Waals surface area contributed by atoms with Gasteiger partial charge in [0.05, 0.1) is 16.9 Å².